The van der Waals surface area contributed by atoms with Gasteiger partial charge in [-0.3, -0.25) is 9.48 Å². The Labute approximate surface area is 88.0 Å². The van der Waals surface area contributed by atoms with Gasteiger partial charge in [0, 0.05) is 25.8 Å². The minimum absolute atomic E-state index is 0.0774. The molecule has 0 aliphatic carbocycles. The molecule has 0 aromatic carbocycles. The molecule has 1 aliphatic heterocycles. The summed E-state index contributed by atoms with van der Waals surface area (Å²) in [6.45, 7) is 2.34. The largest absolute Gasteiger partial charge is 0.341 e. The Balaban J connectivity index is 1.73. The van der Waals surface area contributed by atoms with E-state index in [9.17, 15) is 4.79 Å². The topological polar surface area (TPSA) is 77.0 Å². The first kappa shape index (κ1) is 10.1. The molecule has 1 unspecified atom stereocenters. The van der Waals surface area contributed by atoms with Crippen LogP contribution < -0.4 is 5.73 Å². The third-order valence-electron chi connectivity index (χ3n) is 2.63. The van der Waals surface area contributed by atoms with E-state index in [0.717, 1.165) is 32.5 Å². The second-order valence-electron chi connectivity index (χ2n) is 3.74. The summed E-state index contributed by atoms with van der Waals surface area (Å²) in [5.74, 6) is 0.0774. The van der Waals surface area contributed by atoms with Crippen LogP contribution in [0.3, 0.4) is 0 Å². The van der Waals surface area contributed by atoms with E-state index in [2.05, 4.69) is 10.3 Å². The van der Waals surface area contributed by atoms with Crippen molar-refractivity contribution in [2.24, 2.45) is 5.73 Å². The van der Waals surface area contributed by atoms with Crippen LogP contribution in [-0.4, -0.2) is 44.9 Å². The predicted octanol–water partition coefficient (Wildman–Crippen LogP) is -0.772. The molecule has 15 heavy (non-hydrogen) atoms. The predicted molar refractivity (Wildman–Crippen MR) is 53.8 cm³/mol. The van der Waals surface area contributed by atoms with Crippen LogP contribution in [0.5, 0.6) is 0 Å². The number of aryl methyl sites for hydroxylation is 1. The number of hydrogen-bond acceptors (Lipinski definition) is 4. The smallest absolute Gasteiger partial charge is 0.239 e. The summed E-state index contributed by atoms with van der Waals surface area (Å²) in [5, 5.41) is 7.56. The van der Waals surface area contributed by atoms with Gasteiger partial charge >= 0.3 is 0 Å². The number of amides is 1. The lowest BCUT2D eigenvalue weighted by Gasteiger charge is -2.15. The van der Waals surface area contributed by atoms with Gasteiger partial charge in [-0.25, -0.2) is 0 Å². The molecule has 1 atom stereocenters. The van der Waals surface area contributed by atoms with Crippen molar-refractivity contribution in [2.45, 2.75) is 25.4 Å². The Morgan fingerprint density at radius 1 is 1.53 bits per heavy atom. The number of rotatable bonds is 4. The quantitative estimate of drug-likeness (QED) is 0.706. The lowest BCUT2D eigenvalue weighted by Crippen LogP contribution is -2.34. The van der Waals surface area contributed by atoms with Crippen molar-refractivity contribution >= 4 is 5.91 Å². The van der Waals surface area contributed by atoms with Crippen LogP contribution in [0.25, 0.3) is 0 Å². The molecule has 2 N–H and O–H groups in total. The summed E-state index contributed by atoms with van der Waals surface area (Å²) < 4.78 is 1.76. The maximum absolute atomic E-state index is 11.5. The number of nitrogens with two attached hydrogens (primary N) is 1. The average molecular weight is 209 g/mol. The zero-order valence-corrected chi connectivity index (χ0v) is 8.54. The SMILES string of the molecule is NC1CCN(CCCn2ccnn2)C1=O. The van der Waals surface area contributed by atoms with E-state index >= 15 is 0 Å². The van der Waals surface area contributed by atoms with E-state index in [0.29, 0.717) is 0 Å². The fourth-order valence-electron chi connectivity index (χ4n) is 1.76. The molecule has 2 heterocycles. The Bertz CT molecular complexity index is 323. The van der Waals surface area contributed by atoms with E-state index in [-0.39, 0.29) is 11.9 Å². The second-order valence-corrected chi connectivity index (χ2v) is 3.74. The molecule has 6 heteroatoms. The molecule has 1 aromatic rings. The molecule has 1 fully saturated rings. The minimum atomic E-state index is -0.281. The number of carbonyl (C=O) groups is 1. The Hall–Kier alpha value is -1.43. The van der Waals surface area contributed by atoms with Crippen LogP contribution in [0, 0.1) is 0 Å². The van der Waals surface area contributed by atoms with Crippen LogP contribution in [-0.2, 0) is 11.3 Å². The highest BCUT2D eigenvalue weighted by atomic mass is 16.2. The van der Waals surface area contributed by atoms with Gasteiger partial charge < -0.3 is 10.6 Å². The monoisotopic (exact) mass is 209 g/mol. The third kappa shape index (κ3) is 2.33. The maximum Gasteiger partial charge on any atom is 0.239 e. The standard InChI is InChI=1S/C9H15N5O/c10-8-2-6-13(9(8)15)4-1-5-14-7-3-11-12-14/h3,7-8H,1-2,4-6,10H2. The first-order chi connectivity index (χ1) is 7.27. The van der Waals surface area contributed by atoms with Crippen LogP contribution >= 0.6 is 0 Å². The summed E-state index contributed by atoms with van der Waals surface area (Å²) in [6.07, 6.45) is 5.14. The lowest BCUT2D eigenvalue weighted by molar-refractivity contribution is -0.128. The van der Waals surface area contributed by atoms with Gasteiger partial charge in [0.05, 0.1) is 12.2 Å². The normalized spacial score (nSPS) is 21.3. The van der Waals surface area contributed by atoms with Crippen LogP contribution in [0.4, 0.5) is 0 Å². The van der Waals surface area contributed by atoms with Gasteiger partial charge in [0.2, 0.25) is 5.91 Å². The first-order valence-electron chi connectivity index (χ1n) is 5.16. The fourth-order valence-corrected chi connectivity index (χ4v) is 1.76. The van der Waals surface area contributed by atoms with E-state index in [1.165, 1.54) is 0 Å². The Morgan fingerprint density at radius 3 is 3.00 bits per heavy atom. The van der Waals surface area contributed by atoms with E-state index in [1.807, 2.05) is 11.1 Å². The van der Waals surface area contributed by atoms with Crippen molar-refractivity contribution in [1.29, 1.82) is 0 Å². The molecular formula is C9H15N5O. The van der Waals surface area contributed by atoms with Gasteiger partial charge in [0.1, 0.15) is 0 Å². The molecule has 1 amide bonds. The highest BCUT2D eigenvalue weighted by molar-refractivity contribution is 5.83. The number of likely N-dealkylation sites (tertiary alicyclic amines) is 1. The van der Waals surface area contributed by atoms with Gasteiger partial charge in [-0.1, -0.05) is 5.21 Å². The molecule has 0 bridgehead atoms. The lowest BCUT2D eigenvalue weighted by atomic mass is 10.3. The maximum atomic E-state index is 11.5. The number of carbonyl (C=O) groups excluding carboxylic acids is 1. The van der Waals surface area contributed by atoms with Gasteiger partial charge in [-0.05, 0) is 12.8 Å². The van der Waals surface area contributed by atoms with Crippen molar-refractivity contribution in [1.82, 2.24) is 19.9 Å². The molecule has 1 aliphatic rings. The summed E-state index contributed by atoms with van der Waals surface area (Å²) in [7, 11) is 0. The molecule has 1 aromatic heterocycles. The van der Waals surface area contributed by atoms with Crippen molar-refractivity contribution in [3.05, 3.63) is 12.4 Å². The van der Waals surface area contributed by atoms with Crippen LogP contribution in [0.2, 0.25) is 0 Å². The molecule has 0 spiro atoms. The van der Waals surface area contributed by atoms with Crippen molar-refractivity contribution in [2.75, 3.05) is 13.1 Å². The van der Waals surface area contributed by atoms with Gasteiger partial charge in [0.15, 0.2) is 0 Å². The molecular weight excluding hydrogens is 194 g/mol. The molecule has 82 valence electrons. The number of aromatic nitrogens is 3. The second kappa shape index (κ2) is 4.39. The average Bonchev–Trinajstić information content (AvgIpc) is 2.83. The number of nitrogens with zero attached hydrogens (tertiary/aromatic N) is 4. The fraction of sp³-hybridized carbons (Fsp3) is 0.667. The Morgan fingerprint density at radius 2 is 2.40 bits per heavy atom. The number of hydrogen-bond donors (Lipinski definition) is 1. The van der Waals surface area contributed by atoms with Crippen molar-refractivity contribution in [3.8, 4) is 0 Å². The van der Waals surface area contributed by atoms with Gasteiger partial charge in [-0.2, -0.15) is 0 Å². The van der Waals surface area contributed by atoms with Crippen LogP contribution in [0.15, 0.2) is 12.4 Å². The van der Waals surface area contributed by atoms with E-state index in [1.54, 1.807) is 10.9 Å². The van der Waals surface area contributed by atoms with Crippen molar-refractivity contribution < 1.29 is 4.79 Å². The zero-order valence-electron chi connectivity index (χ0n) is 8.54. The molecule has 2 rings (SSSR count). The summed E-state index contributed by atoms with van der Waals surface area (Å²) in [5.41, 5.74) is 5.62. The molecule has 0 saturated carbocycles. The van der Waals surface area contributed by atoms with E-state index in [4.69, 9.17) is 5.73 Å². The summed E-state index contributed by atoms with van der Waals surface area (Å²) >= 11 is 0. The van der Waals surface area contributed by atoms with Gasteiger partial charge in [0.25, 0.3) is 0 Å². The van der Waals surface area contributed by atoms with Crippen LogP contribution in [0.1, 0.15) is 12.8 Å². The minimum Gasteiger partial charge on any atom is -0.341 e. The summed E-state index contributed by atoms with van der Waals surface area (Å²) in [6, 6.07) is -0.281. The third-order valence-corrected chi connectivity index (χ3v) is 2.63. The Kier molecular flexibility index (Phi) is 2.96. The highest BCUT2D eigenvalue weighted by Crippen LogP contribution is 2.09. The first-order valence-corrected chi connectivity index (χ1v) is 5.16. The molecule has 0 radical (unpaired) electrons. The summed E-state index contributed by atoms with van der Waals surface area (Å²) in [4.78, 5) is 13.3. The zero-order chi connectivity index (χ0) is 10.7. The van der Waals surface area contributed by atoms with Crippen molar-refractivity contribution in [3.63, 3.8) is 0 Å². The highest BCUT2D eigenvalue weighted by Gasteiger charge is 2.27. The van der Waals surface area contributed by atoms with Gasteiger partial charge in [-0.15, -0.1) is 5.10 Å². The molecule has 6 nitrogen and oxygen atoms in total. The van der Waals surface area contributed by atoms with E-state index < -0.39 is 0 Å². The molecule has 1 saturated heterocycles.